The quantitative estimate of drug-likeness (QED) is 0.800. The lowest BCUT2D eigenvalue weighted by Gasteiger charge is -2.33. The first-order chi connectivity index (χ1) is 8.74. The number of hydrogen-bond donors (Lipinski definition) is 1. The summed E-state index contributed by atoms with van der Waals surface area (Å²) < 4.78 is 0. The average Bonchev–Trinajstić information content (AvgIpc) is 2.28. The first-order valence-electron chi connectivity index (χ1n) is 6.42. The highest BCUT2D eigenvalue weighted by Gasteiger charge is 2.27. The molecule has 4 heteroatoms. The standard InChI is InChI=1S/C14H16N2O2/c17-13-7-6-12(14(18)15-13)10-2-4-11(5-3-10)16-8-1-9-16/h2-5,12H,1,6-9H2,(H,15,17,18)/t12-/m0/s1. The Hall–Kier alpha value is -1.84. The summed E-state index contributed by atoms with van der Waals surface area (Å²) in [6.07, 6.45) is 2.31. The van der Waals surface area contributed by atoms with Gasteiger partial charge in [-0.3, -0.25) is 14.9 Å². The summed E-state index contributed by atoms with van der Waals surface area (Å²) in [6, 6.07) is 8.15. The molecule has 0 radical (unpaired) electrons. The molecule has 2 amide bonds. The third-order valence-corrected chi connectivity index (χ3v) is 3.76. The predicted molar refractivity (Wildman–Crippen MR) is 68.4 cm³/mol. The SMILES string of the molecule is O=C1CC[C@@H](c2ccc(N3CCC3)cc2)C(=O)N1. The van der Waals surface area contributed by atoms with Crippen LogP contribution in [0.1, 0.15) is 30.7 Å². The van der Waals surface area contributed by atoms with E-state index >= 15 is 0 Å². The Morgan fingerprint density at radius 3 is 2.39 bits per heavy atom. The van der Waals surface area contributed by atoms with E-state index in [1.165, 1.54) is 12.1 Å². The van der Waals surface area contributed by atoms with E-state index in [9.17, 15) is 9.59 Å². The van der Waals surface area contributed by atoms with Crippen LogP contribution in [0.5, 0.6) is 0 Å². The molecule has 1 aromatic rings. The van der Waals surface area contributed by atoms with E-state index in [0.29, 0.717) is 12.8 Å². The molecule has 1 atom stereocenters. The predicted octanol–water partition coefficient (Wildman–Crippen LogP) is 1.42. The molecule has 3 rings (SSSR count). The number of imide groups is 1. The first-order valence-corrected chi connectivity index (χ1v) is 6.42. The summed E-state index contributed by atoms with van der Waals surface area (Å²) in [7, 11) is 0. The summed E-state index contributed by atoms with van der Waals surface area (Å²) in [4.78, 5) is 25.2. The van der Waals surface area contributed by atoms with Gasteiger partial charge in [-0.1, -0.05) is 12.1 Å². The third kappa shape index (κ3) is 1.98. The summed E-state index contributed by atoms with van der Waals surface area (Å²) in [5, 5.41) is 2.40. The fourth-order valence-corrected chi connectivity index (χ4v) is 2.50. The van der Waals surface area contributed by atoms with Crippen LogP contribution >= 0.6 is 0 Å². The second-order valence-electron chi connectivity index (χ2n) is 4.94. The van der Waals surface area contributed by atoms with Gasteiger partial charge >= 0.3 is 0 Å². The van der Waals surface area contributed by atoms with E-state index in [1.54, 1.807) is 0 Å². The van der Waals surface area contributed by atoms with E-state index in [2.05, 4.69) is 22.3 Å². The number of benzene rings is 1. The van der Waals surface area contributed by atoms with Crippen LogP contribution in [-0.2, 0) is 9.59 Å². The van der Waals surface area contributed by atoms with E-state index in [4.69, 9.17) is 0 Å². The zero-order valence-electron chi connectivity index (χ0n) is 10.2. The third-order valence-electron chi connectivity index (χ3n) is 3.76. The van der Waals surface area contributed by atoms with Gasteiger partial charge in [0.15, 0.2) is 0 Å². The lowest BCUT2D eigenvalue weighted by Crippen LogP contribution is -2.39. The van der Waals surface area contributed by atoms with Gasteiger partial charge in [-0.05, 0) is 30.5 Å². The lowest BCUT2D eigenvalue weighted by molar-refractivity contribution is -0.134. The zero-order chi connectivity index (χ0) is 12.5. The van der Waals surface area contributed by atoms with Gasteiger partial charge in [0.05, 0.1) is 5.92 Å². The van der Waals surface area contributed by atoms with Gasteiger partial charge in [0.2, 0.25) is 11.8 Å². The Labute approximate surface area is 106 Å². The number of carbonyl (C=O) groups is 2. The molecular weight excluding hydrogens is 228 g/mol. The molecule has 0 aromatic heterocycles. The maximum atomic E-state index is 11.7. The van der Waals surface area contributed by atoms with Gasteiger partial charge in [0.25, 0.3) is 0 Å². The highest BCUT2D eigenvalue weighted by molar-refractivity contribution is 6.00. The van der Waals surface area contributed by atoms with Crippen LogP contribution in [0.15, 0.2) is 24.3 Å². The summed E-state index contributed by atoms with van der Waals surface area (Å²) in [5.74, 6) is -0.496. The fourth-order valence-electron chi connectivity index (χ4n) is 2.50. The number of nitrogens with one attached hydrogen (secondary N) is 1. The van der Waals surface area contributed by atoms with Crippen molar-refractivity contribution in [3.63, 3.8) is 0 Å². The number of nitrogens with zero attached hydrogens (tertiary/aromatic N) is 1. The maximum Gasteiger partial charge on any atom is 0.234 e. The van der Waals surface area contributed by atoms with Crippen molar-refractivity contribution in [2.75, 3.05) is 18.0 Å². The van der Waals surface area contributed by atoms with E-state index < -0.39 is 0 Å². The monoisotopic (exact) mass is 244 g/mol. The molecule has 1 aromatic carbocycles. The highest BCUT2D eigenvalue weighted by Crippen LogP contribution is 2.27. The smallest absolute Gasteiger partial charge is 0.234 e. The van der Waals surface area contributed by atoms with Crippen molar-refractivity contribution >= 4 is 17.5 Å². The Kier molecular flexibility index (Phi) is 2.78. The minimum absolute atomic E-state index is 0.159. The van der Waals surface area contributed by atoms with E-state index in [0.717, 1.165) is 18.7 Å². The van der Waals surface area contributed by atoms with E-state index in [1.807, 2.05) is 12.1 Å². The first kappa shape index (κ1) is 11.3. The minimum atomic E-state index is -0.173. The molecule has 0 spiro atoms. The zero-order valence-corrected chi connectivity index (χ0v) is 10.2. The second-order valence-corrected chi connectivity index (χ2v) is 4.94. The molecule has 2 fully saturated rings. The van der Waals surface area contributed by atoms with Gasteiger partial charge in [0.1, 0.15) is 0 Å². The van der Waals surface area contributed by atoms with Gasteiger partial charge in [0, 0.05) is 25.2 Å². The Morgan fingerprint density at radius 1 is 1.11 bits per heavy atom. The van der Waals surface area contributed by atoms with Gasteiger partial charge in [-0.15, -0.1) is 0 Å². The average molecular weight is 244 g/mol. The second kappa shape index (κ2) is 4.44. The van der Waals surface area contributed by atoms with Crippen LogP contribution in [0.3, 0.4) is 0 Å². The Morgan fingerprint density at radius 2 is 1.83 bits per heavy atom. The molecule has 1 N–H and O–H groups in total. The topological polar surface area (TPSA) is 49.4 Å². The number of piperidine rings is 1. The molecule has 94 valence electrons. The molecule has 0 saturated carbocycles. The van der Waals surface area contributed by atoms with Crippen LogP contribution in [0.4, 0.5) is 5.69 Å². The number of rotatable bonds is 2. The number of carbonyl (C=O) groups excluding carboxylic acids is 2. The molecule has 4 nitrogen and oxygen atoms in total. The van der Waals surface area contributed by atoms with E-state index in [-0.39, 0.29) is 17.7 Å². The molecule has 0 aliphatic carbocycles. The number of hydrogen-bond acceptors (Lipinski definition) is 3. The fraction of sp³-hybridized carbons (Fsp3) is 0.429. The van der Waals surface area contributed by atoms with Gasteiger partial charge < -0.3 is 4.90 Å². The summed E-state index contributed by atoms with van der Waals surface area (Å²) >= 11 is 0. The van der Waals surface area contributed by atoms with Crippen LogP contribution in [0.2, 0.25) is 0 Å². The molecule has 0 unspecified atom stereocenters. The molecule has 2 aliphatic rings. The number of amides is 2. The normalized spacial score (nSPS) is 23.6. The molecule has 0 bridgehead atoms. The molecule has 2 aliphatic heterocycles. The van der Waals surface area contributed by atoms with Crippen molar-refractivity contribution in [1.29, 1.82) is 0 Å². The largest absolute Gasteiger partial charge is 0.371 e. The van der Waals surface area contributed by atoms with Crippen molar-refractivity contribution in [3.05, 3.63) is 29.8 Å². The van der Waals surface area contributed by atoms with Gasteiger partial charge in [-0.2, -0.15) is 0 Å². The van der Waals surface area contributed by atoms with Crippen molar-refractivity contribution in [2.24, 2.45) is 0 Å². The number of anilines is 1. The molecule has 2 heterocycles. The van der Waals surface area contributed by atoms with Crippen LogP contribution in [-0.4, -0.2) is 24.9 Å². The Bertz CT molecular complexity index is 477. The van der Waals surface area contributed by atoms with Crippen LogP contribution < -0.4 is 10.2 Å². The van der Waals surface area contributed by atoms with Crippen molar-refractivity contribution in [1.82, 2.24) is 5.32 Å². The summed E-state index contributed by atoms with van der Waals surface area (Å²) in [6.45, 7) is 2.25. The van der Waals surface area contributed by atoms with Crippen molar-refractivity contribution < 1.29 is 9.59 Å². The summed E-state index contributed by atoms with van der Waals surface area (Å²) in [5.41, 5.74) is 2.22. The highest BCUT2D eigenvalue weighted by atomic mass is 16.2. The molecule has 2 saturated heterocycles. The lowest BCUT2D eigenvalue weighted by atomic mass is 9.90. The van der Waals surface area contributed by atoms with Crippen molar-refractivity contribution in [2.45, 2.75) is 25.2 Å². The van der Waals surface area contributed by atoms with Crippen LogP contribution in [0, 0.1) is 0 Å². The maximum absolute atomic E-state index is 11.7. The van der Waals surface area contributed by atoms with Crippen LogP contribution in [0.25, 0.3) is 0 Å². The molecule has 18 heavy (non-hydrogen) atoms. The molecular formula is C14H16N2O2. The van der Waals surface area contributed by atoms with Gasteiger partial charge in [-0.25, -0.2) is 0 Å². The van der Waals surface area contributed by atoms with Crippen molar-refractivity contribution in [3.8, 4) is 0 Å². The Balaban J connectivity index is 1.75. The minimum Gasteiger partial charge on any atom is -0.371 e.